The van der Waals surface area contributed by atoms with Gasteiger partial charge < -0.3 is 69.6 Å². The molecule has 0 aromatic rings. The van der Waals surface area contributed by atoms with Crippen LogP contribution in [0.25, 0.3) is 0 Å². The molecule has 3 saturated carbocycles. The zero-order valence-electron chi connectivity index (χ0n) is 33.4. The van der Waals surface area contributed by atoms with Crippen LogP contribution < -0.4 is 0 Å². The Balaban J connectivity index is 1.16. The Kier molecular flexibility index (Phi) is 13.1. The third kappa shape index (κ3) is 7.65. The molecule has 2 aliphatic heterocycles. The third-order valence-corrected chi connectivity index (χ3v) is 14.9. The normalized spacial score (nSPS) is 50.6. The minimum atomic E-state index is -1.44. The van der Waals surface area contributed by atoms with Gasteiger partial charge in [-0.05, 0) is 77.6 Å². The Morgan fingerprint density at radius 1 is 0.818 bits per heavy atom. The average molecular weight is 785 g/mol. The molecule has 2 saturated heterocycles. The lowest BCUT2D eigenvalue weighted by molar-refractivity contribution is -0.285. The van der Waals surface area contributed by atoms with Crippen molar-refractivity contribution in [3.63, 3.8) is 0 Å². The molecule has 0 aromatic carbocycles. The standard InChI is InChI=1S/C41H68O14/c1-19(2)23(21(4)16-52-37-34(49)30(45)26(43)17-53-37)9-8-20(3)29-32(47)33(48)36-40(29,6)13-11-28-39(5)12-10-22(14-24(39)25(42)15-41(28,36)50)55-38-35(51-7)31(46)27(44)18-54-38/h8-9,14,19-23,25-38,42-50H,10-13,15-18H2,1-7H3/b9-8+/t20?,21?,22-,23-,25+,26+,27+,28?,29?,30?,31?,32+,33?,34?,35?,36?,37+,38-,39-,40+,41-/m0/s1. The number of aliphatic hydroxyl groups is 9. The van der Waals surface area contributed by atoms with Crippen molar-refractivity contribution in [2.24, 2.45) is 52.3 Å². The van der Waals surface area contributed by atoms with Crippen LogP contribution in [-0.4, -0.2) is 152 Å². The first-order valence-corrected chi connectivity index (χ1v) is 20.4. The zero-order chi connectivity index (χ0) is 40.4. The molecule has 21 atom stereocenters. The smallest absolute Gasteiger partial charge is 0.187 e. The van der Waals surface area contributed by atoms with Gasteiger partial charge >= 0.3 is 0 Å². The summed E-state index contributed by atoms with van der Waals surface area (Å²) in [6, 6.07) is 0. The van der Waals surface area contributed by atoms with Crippen molar-refractivity contribution >= 4 is 0 Å². The highest BCUT2D eigenvalue weighted by Gasteiger charge is 2.72. The summed E-state index contributed by atoms with van der Waals surface area (Å²) in [4.78, 5) is 0. The summed E-state index contributed by atoms with van der Waals surface area (Å²) in [5.41, 5.74) is -1.89. The first kappa shape index (κ1) is 43.5. The number of aliphatic hydroxyl groups excluding tert-OH is 8. The third-order valence-electron chi connectivity index (χ3n) is 14.9. The molecule has 5 fully saturated rings. The summed E-state index contributed by atoms with van der Waals surface area (Å²) in [6.07, 6.45) is -4.09. The molecule has 0 bridgehead atoms. The molecule has 10 unspecified atom stereocenters. The van der Waals surface area contributed by atoms with E-state index in [-0.39, 0.29) is 61.7 Å². The molecule has 0 radical (unpaired) electrons. The molecule has 6 aliphatic rings. The van der Waals surface area contributed by atoms with Crippen LogP contribution in [0.3, 0.4) is 0 Å². The molecule has 0 spiro atoms. The van der Waals surface area contributed by atoms with E-state index in [1.165, 1.54) is 7.11 Å². The second-order valence-corrected chi connectivity index (χ2v) is 18.6. The topological polar surface area (TPSA) is 228 Å². The van der Waals surface area contributed by atoms with Crippen LogP contribution >= 0.6 is 0 Å². The van der Waals surface area contributed by atoms with Gasteiger partial charge in [-0.3, -0.25) is 0 Å². The van der Waals surface area contributed by atoms with Gasteiger partial charge in [-0.1, -0.05) is 59.8 Å². The van der Waals surface area contributed by atoms with E-state index in [0.717, 1.165) is 5.57 Å². The molecular weight excluding hydrogens is 716 g/mol. The quantitative estimate of drug-likeness (QED) is 0.131. The Morgan fingerprint density at radius 2 is 1.47 bits per heavy atom. The molecule has 2 heterocycles. The van der Waals surface area contributed by atoms with Gasteiger partial charge in [-0.2, -0.15) is 0 Å². The number of rotatable bonds is 11. The molecule has 316 valence electrons. The summed E-state index contributed by atoms with van der Waals surface area (Å²) < 4.78 is 28.6. The van der Waals surface area contributed by atoms with E-state index in [9.17, 15) is 46.0 Å². The second-order valence-electron chi connectivity index (χ2n) is 18.6. The van der Waals surface area contributed by atoms with Gasteiger partial charge in [0.05, 0.1) is 49.8 Å². The summed E-state index contributed by atoms with van der Waals surface area (Å²) >= 11 is 0. The fourth-order valence-corrected chi connectivity index (χ4v) is 12.1. The van der Waals surface area contributed by atoms with E-state index in [4.69, 9.17) is 23.7 Å². The predicted octanol–water partition coefficient (Wildman–Crippen LogP) is 0.627. The van der Waals surface area contributed by atoms with Crippen molar-refractivity contribution in [2.45, 2.75) is 153 Å². The lowest BCUT2D eigenvalue weighted by atomic mass is 9.43. The van der Waals surface area contributed by atoms with Crippen molar-refractivity contribution in [2.75, 3.05) is 26.9 Å². The molecule has 6 rings (SSSR count). The lowest BCUT2D eigenvalue weighted by Crippen LogP contribution is -2.66. The zero-order valence-corrected chi connectivity index (χ0v) is 33.4. The van der Waals surface area contributed by atoms with Crippen LogP contribution in [0.5, 0.6) is 0 Å². The van der Waals surface area contributed by atoms with Gasteiger partial charge in [0.1, 0.15) is 36.6 Å². The number of methoxy groups -OCH3 is 1. The minimum absolute atomic E-state index is 0.00915. The van der Waals surface area contributed by atoms with Gasteiger partial charge in [0, 0.05) is 19.4 Å². The Labute approximate surface area is 325 Å². The van der Waals surface area contributed by atoms with Crippen molar-refractivity contribution in [3.05, 3.63) is 23.8 Å². The van der Waals surface area contributed by atoms with Gasteiger partial charge in [0.2, 0.25) is 0 Å². The molecule has 9 N–H and O–H groups in total. The Morgan fingerprint density at radius 3 is 2.13 bits per heavy atom. The summed E-state index contributed by atoms with van der Waals surface area (Å²) in [5.74, 6) is -1.23. The first-order chi connectivity index (χ1) is 25.8. The predicted molar refractivity (Wildman–Crippen MR) is 198 cm³/mol. The van der Waals surface area contributed by atoms with E-state index in [0.29, 0.717) is 25.7 Å². The highest BCUT2D eigenvalue weighted by atomic mass is 16.7. The minimum Gasteiger partial charge on any atom is -0.390 e. The molecular formula is C41H68O14. The van der Waals surface area contributed by atoms with E-state index in [1.807, 2.05) is 19.9 Å². The SMILES string of the molecule is COC1C(O)[C@H](O)CO[C@H]1O[C@@H]1C=C2[C@H](O)C[C@@]3(O)C4C(O)[C@H](O)C(C(C)/C=C/[C@@H](C(C)C)C(C)CO[C@@H]5OC[C@@H](O)C(O)C5O)[C@@]4(C)CCC3[C@@]2(C)CC1. The van der Waals surface area contributed by atoms with E-state index < -0.39 is 96.0 Å². The summed E-state index contributed by atoms with van der Waals surface area (Å²) in [5, 5.41) is 99.0. The lowest BCUT2D eigenvalue weighted by Gasteiger charge is -2.63. The Hall–Kier alpha value is -1.08. The van der Waals surface area contributed by atoms with Crippen molar-refractivity contribution in [3.8, 4) is 0 Å². The maximum atomic E-state index is 12.8. The number of hydrogen-bond donors (Lipinski definition) is 9. The van der Waals surface area contributed by atoms with Crippen LogP contribution in [0.1, 0.15) is 73.6 Å². The van der Waals surface area contributed by atoms with Crippen molar-refractivity contribution in [1.29, 1.82) is 0 Å². The number of allylic oxidation sites excluding steroid dienone is 2. The molecule has 14 nitrogen and oxygen atoms in total. The number of fused-ring (bicyclic) bond motifs is 5. The summed E-state index contributed by atoms with van der Waals surface area (Å²) in [7, 11) is 1.42. The fraction of sp³-hybridized carbons (Fsp3) is 0.902. The van der Waals surface area contributed by atoms with Crippen molar-refractivity contribution in [1.82, 2.24) is 0 Å². The van der Waals surface area contributed by atoms with Crippen LogP contribution in [0.15, 0.2) is 23.8 Å². The van der Waals surface area contributed by atoms with Gasteiger partial charge in [0.15, 0.2) is 12.6 Å². The van der Waals surface area contributed by atoms with Gasteiger partial charge in [-0.15, -0.1) is 0 Å². The van der Waals surface area contributed by atoms with Crippen LogP contribution in [0.4, 0.5) is 0 Å². The largest absolute Gasteiger partial charge is 0.390 e. The fourth-order valence-electron chi connectivity index (χ4n) is 12.1. The van der Waals surface area contributed by atoms with Gasteiger partial charge in [-0.25, -0.2) is 0 Å². The average Bonchev–Trinajstić information content (AvgIpc) is 3.33. The van der Waals surface area contributed by atoms with Gasteiger partial charge in [0.25, 0.3) is 0 Å². The first-order valence-electron chi connectivity index (χ1n) is 20.4. The number of hydrogen-bond acceptors (Lipinski definition) is 14. The molecule has 0 aromatic heterocycles. The van der Waals surface area contributed by atoms with E-state index in [2.05, 4.69) is 39.8 Å². The van der Waals surface area contributed by atoms with Crippen molar-refractivity contribution < 1.29 is 69.6 Å². The highest BCUT2D eigenvalue weighted by Crippen LogP contribution is 2.69. The molecule has 55 heavy (non-hydrogen) atoms. The second kappa shape index (κ2) is 16.5. The van der Waals surface area contributed by atoms with Crippen LogP contribution in [0, 0.1) is 52.3 Å². The number of ether oxygens (including phenoxy) is 5. The Bertz CT molecular complexity index is 1380. The van der Waals surface area contributed by atoms with E-state index >= 15 is 0 Å². The maximum absolute atomic E-state index is 12.8. The summed E-state index contributed by atoms with van der Waals surface area (Å²) in [6.45, 7) is 12.5. The van der Waals surface area contributed by atoms with E-state index in [1.54, 1.807) is 0 Å². The molecule has 0 amide bonds. The molecule has 4 aliphatic carbocycles. The van der Waals surface area contributed by atoms with Crippen LogP contribution in [0.2, 0.25) is 0 Å². The molecule has 14 heteroatoms. The monoisotopic (exact) mass is 784 g/mol. The highest BCUT2D eigenvalue weighted by molar-refractivity contribution is 5.33. The maximum Gasteiger partial charge on any atom is 0.187 e. The van der Waals surface area contributed by atoms with Crippen LogP contribution in [-0.2, 0) is 23.7 Å².